The normalized spacial score (nSPS) is 11.0. The second-order valence-electron chi connectivity index (χ2n) is 3.98. The molecule has 2 heterocycles. The van der Waals surface area contributed by atoms with E-state index in [1.54, 1.807) is 0 Å². The minimum Gasteiger partial charge on any atom is -0.355 e. The molecule has 0 aliphatic rings. The monoisotopic (exact) mass is 252 g/mol. The van der Waals surface area contributed by atoms with Gasteiger partial charge in [0.1, 0.15) is 5.52 Å². The zero-order valence-corrected chi connectivity index (χ0v) is 11.0. The van der Waals surface area contributed by atoms with Crippen molar-refractivity contribution in [2.24, 2.45) is 7.05 Å². The summed E-state index contributed by atoms with van der Waals surface area (Å²) in [6.45, 7) is 3.96. The highest BCUT2D eigenvalue weighted by atomic mass is 35.5. The highest BCUT2D eigenvalue weighted by molar-refractivity contribution is 6.17. The van der Waals surface area contributed by atoms with Gasteiger partial charge in [-0.05, 0) is 19.4 Å². The smallest absolute Gasteiger partial charge is 0.156 e. The average Bonchev–Trinajstić information content (AvgIpc) is 2.73. The third-order valence-electron chi connectivity index (χ3n) is 2.87. The van der Waals surface area contributed by atoms with Crippen LogP contribution in [0.25, 0.3) is 11.0 Å². The van der Waals surface area contributed by atoms with Gasteiger partial charge >= 0.3 is 0 Å². The summed E-state index contributed by atoms with van der Waals surface area (Å²) in [5.41, 5.74) is 2.07. The predicted molar refractivity (Wildman–Crippen MR) is 71.7 cm³/mol. The van der Waals surface area contributed by atoms with E-state index in [0.717, 1.165) is 36.4 Å². The standard InChI is InChI=1S/C12H17ClN4/c1-3-17(8-4-6-13)12-11-10(5-7-14-12)16(2)9-15-11/h5,7,9H,3-4,6,8H2,1-2H3. The van der Waals surface area contributed by atoms with Crippen LogP contribution in [0.3, 0.4) is 0 Å². The summed E-state index contributed by atoms with van der Waals surface area (Å²) in [5.74, 6) is 1.63. The van der Waals surface area contributed by atoms with Crippen LogP contribution in [-0.4, -0.2) is 33.5 Å². The van der Waals surface area contributed by atoms with Crippen LogP contribution >= 0.6 is 11.6 Å². The maximum atomic E-state index is 5.75. The van der Waals surface area contributed by atoms with E-state index < -0.39 is 0 Å². The van der Waals surface area contributed by atoms with E-state index >= 15 is 0 Å². The van der Waals surface area contributed by atoms with Gasteiger partial charge in [0.25, 0.3) is 0 Å². The number of aromatic nitrogens is 3. The fraction of sp³-hybridized carbons (Fsp3) is 0.500. The zero-order chi connectivity index (χ0) is 12.3. The van der Waals surface area contributed by atoms with E-state index in [9.17, 15) is 0 Å². The summed E-state index contributed by atoms with van der Waals surface area (Å²) in [5, 5.41) is 0. The van der Waals surface area contributed by atoms with Gasteiger partial charge in [0.05, 0.1) is 11.8 Å². The summed E-state index contributed by atoms with van der Waals surface area (Å²) in [4.78, 5) is 11.1. The van der Waals surface area contributed by atoms with Crippen molar-refractivity contribution in [2.75, 3.05) is 23.9 Å². The molecule has 2 rings (SSSR count). The summed E-state index contributed by atoms with van der Waals surface area (Å²) < 4.78 is 2.01. The number of pyridine rings is 1. The average molecular weight is 253 g/mol. The lowest BCUT2D eigenvalue weighted by atomic mass is 10.3. The van der Waals surface area contributed by atoms with Crippen LogP contribution < -0.4 is 4.90 Å². The number of fused-ring (bicyclic) bond motifs is 1. The number of nitrogens with zero attached hydrogens (tertiary/aromatic N) is 4. The van der Waals surface area contributed by atoms with Crippen LogP contribution in [-0.2, 0) is 7.05 Å². The van der Waals surface area contributed by atoms with Crippen LogP contribution in [0.1, 0.15) is 13.3 Å². The molecule has 2 aromatic heterocycles. The molecule has 0 radical (unpaired) electrons. The molecular formula is C12H17ClN4. The van der Waals surface area contributed by atoms with Crippen LogP contribution in [0.5, 0.6) is 0 Å². The molecule has 0 aliphatic carbocycles. The van der Waals surface area contributed by atoms with Crippen molar-refractivity contribution in [1.29, 1.82) is 0 Å². The fourth-order valence-corrected chi connectivity index (χ4v) is 2.06. The number of alkyl halides is 1. The Kier molecular flexibility index (Phi) is 3.84. The second-order valence-corrected chi connectivity index (χ2v) is 4.36. The first kappa shape index (κ1) is 12.2. The quantitative estimate of drug-likeness (QED) is 0.767. The molecule has 0 bridgehead atoms. The molecule has 2 aromatic rings. The predicted octanol–water partition coefficient (Wildman–Crippen LogP) is 2.42. The molecule has 0 unspecified atom stereocenters. The first-order valence-electron chi connectivity index (χ1n) is 5.85. The van der Waals surface area contributed by atoms with Crippen molar-refractivity contribution in [3.8, 4) is 0 Å². The van der Waals surface area contributed by atoms with E-state index in [0.29, 0.717) is 5.88 Å². The van der Waals surface area contributed by atoms with Gasteiger partial charge in [0, 0.05) is 32.2 Å². The molecule has 5 heteroatoms. The Morgan fingerprint density at radius 1 is 1.41 bits per heavy atom. The van der Waals surface area contributed by atoms with Crippen molar-refractivity contribution in [2.45, 2.75) is 13.3 Å². The van der Waals surface area contributed by atoms with Crippen LogP contribution in [0.2, 0.25) is 0 Å². The summed E-state index contributed by atoms with van der Waals surface area (Å²) >= 11 is 5.75. The minimum absolute atomic E-state index is 0.675. The van der Waals surface area contributed by atoms with Crippen molar-refractivity contribution in [1.82, 2.24) is 14.5 Å². The van der Waals surface area contributed by atoms with Crippen molar-refractivity contribution in [3.05, 3.63) is 18.6 Å². The first-order chi connectivity index (χ1) is 8.27. The highest BCUT2D eigenvalue weighted by Crippen LogP contribution is 2.22. The van der Waals surface area contributed by atoms with E-state index in [1.807, 2.05) is 30.2 Å². The molecule has 0 atom stereocenters. The molecule has 92 valence electrons. The van der Waals surface area contributed by atoms with Gasteiger partial charge in [0.2, 0.25) is 0 Å². The van der Waals surface area contributed by atoms with E-state index in [4.69, 9.17) is 11.6 Å². The summed E-state index contributed by atoms with van der Waals surface area (Å²) in [7, 11) is 1.99. The summed E-state index contributed by atoms with van der Waals surface area (Å²) in [6, 6.07) is 1.99. The number of imidazole rings is 1. The molecule has 0 fully saturated rings. The van der Waals surface area contributed by atoms with Crippen LogP contribution in [0.4, 0.5) is 5.82 Å². The van der Waals surface area contributed by atoms with E-state index in [2.05, 4.69) is 21.8 Å². The number of hydrogen-bond acceptors (Lipinski definition) is 3. The molecule has 0 saturated heterocycles. The van der Waals surface area contributed by atoms with E-state index in [-0.39, 0.29) is 0 Å². The topological polar surface area (TPSA) is 34.0 Å². The fourth-order valence-electron chi connectivity index (χ4n) is 1.94. The van der Waals surface area contributed by atoms with Gasteiger partial charge in [-0.25, -0.2) is 9.97 Å². The third-order valence-corrected chi connectivity index (χ3v) is 3.13. The van der Waals surface area contributed by atoms with Crippen molar-refractivity contribution < 1.29 is 0 Å². The number of rotatable bonds is 5. The molecule has 0 aliphatic heterocycles. The van der Waals surface area contributed by atoms with Crippen molar-refractivity contribution in [3.63, 3.8) is 0 Å². The molecule has 0 N–H and O–H groups in total. The molecule has 4 nitrogen and oxygen atoms in total. The highest BCUT2D eigenvalue weighted by Gasteiger charge is 2.12. The number of halogens is 1. The lowest BCUT2D eigenvalue weighted by Crippen LogP contribution is -2.25. The first-order valence-corrected chi connectivity index (χ1v) is 6.38. The Morgan fingerprint density at radius 3 is 2.94 bits per heavy atom. The third kappa shape index (κ3) is 2.36. The molecule has 17 heavy (non-hydrogen) atoms. The second kappa shape index (κ2) is 5.36. The molecule has 0 saturated carbocycles. The Bertz CT molecular complexity index is 494. The summed E-state index contributed by atoms with van der Waals surface area (Å²) in [6.07, 6.45) is 4.62. The number of anilines is 1. The Balaban J connectivity index is 2.39. The molecule has 0 aromatic carbocycles. The minimum atomic E-state index is 0.675. The molecule has 0 amide bonds. The molecule has 0 spiro atoms. The largest absolute Gasteiger partial charge is 0.355 e. The Morgan fingerprint density at radius 2 is 2.24 bits per heavy atom. The van der Waals surface area contributed by atoms with Gasteiger partial charge < -0.3 is 9.47 Å². The van der Waals surface area contributed by atoms with Gasteiger partial charge in [-0.2, -0.15) is 0 Å². The van der Waals surface area contributed by atoms with Gasteiger partial charge in [-0.3, -0.25) is 0 Å². The zero-order valence-electron chi connectivity index (χ0n) is 10.2. The number of hydrogen-bond donors (Lipinski definition) is 0. The van der Waals surface area contributed by atoms with Crippen molar-refractivity contribution >= 4 is 28.5 Å². The van der Waals surface area contributed by atoms with E-state index in [1.165, 1.54) is 0 Å². The number of aryl methyl sites for hydroxylation is 1. The van der Waals surface area contributed by atoms with Gasteiger partial charge in [-0.15, -0.1) is 11.6 Å². The molecular weight excluding hydrogens is 236 g/mol. The Labute approximate surface area is 106 Å². The SMILES string of the molecule is CCN(CCCCl)c1nccc2c1ncn2C. The lowest BCUT2D eigenvalue weighted by Gasteiger charge is -2.21. The van der Waals surface area contributed by atoms with Gasteiger partial charge in [-0.1, -0.05) is 0 Å². The Hall–Kier alpha value is -1.29. The van der Waals surface area contributed by atoms with Crippen LogP contribution in [0.15, 0.2) is 18.6 Å². The maximum Gasteiger partial charge on any atom is 0.156 e. The van der Waals surface area contributed by atoms with Crippen LogP contribution in [0, 0.1) is 0 Å². The van der Waals surface area contributed by atoms with Gasteiger partial charge in [0.15, 0.2) is 5.82 Å². The lowest BCUT2D eigenvalue weighted by molar-refractivity contribution is 0.784. The maximum absolute atomic E-state index is 5.75.